The number of nitrogens with zero attached hydrogens (tertiary/aromatic N) is 4. The van der Waals surface area contributed by atoms with Crippen molar-refractivity contribution in [3.63, 3.8) is 0 Å². The molecule has 0 spiro atoms. The molecule has 220 valence electrons. The molecule has 1 saturated heterocycles. The Morgan fingerprint density at radius 2 is 1.73 bits per heavy atom. The molecule has 1 N–H and O–H groups in total. The highest BCUT2D eigenvalue weighted by Gasteiger charge is 2.52. The minimum atomic E-state index is -3.75. The number of benzene rings is 2. The van der Waals surface area contributed by atoms with Gasteiger partial charge in [0.1, 0.15) is 5.82 Å². The van der Waals surface area contributed by atoms with Gasteiger partial charge in [0, 0.05) is 37.6 Å². The molecule has 3 aromatic rings. The van der Waals surface area contributed by atoms with Gasteiger partial charge in [-0.2, -0.15) is 9.40 Å². The molecule has 5 rings (SSSR count). The Balaban J connectivity index is 1.60. The van der Waals surface area contributed by atoms with E-state index in [1.54, 1.807) is 16.4 Å². The maximum atomic E-state index is 14.2. The zero-order valence-corrected chi connectivity index (χ0v) is 25.8. The van der Waals surface area contributed by atoms with E-state index in [0.29, 0.717) is 30.8 Å². The van der Waals surface area contributed by atoms with Crippen LogP contribution in [0.25, 0.3) is 6.08 Å². The lowest BCUT2D eigenvalue weighted by atomic mass is 9.62. The second-order valence-corrected chi connectivity index (χ2v) is 14.9. The summed E-state index contributed by atoms with van der Waals surface area (Å²) >= 11 is 0. The lowest BCUT2D eigenvalue weighted by Crippen LogP contribution is -2.55. The minimum absolute atomic E-state index is 0.0684. The quantitative estimate of drug-likeness (QED) is 0.402. The molecule has 2 heterocycles. The molecule has 0 radical (unpaired) electrons. The van der Waals surface area contributed by atoms with Crippen LogP contribution in [0, 0.1) is 11.2 Å². The number of piperidine rings is 1. The first-order valence-corrected chi connectivity index (χ1v) is 15.7. The fraction of sp³-hybridized carbons (Fsp3) is 0.469. The van der Waals surface area contributed by atoms with Crippen molar-refractivity contribution in [2.24, 2.45) is 5.41 Å². The molecule has 0 saturated carbocycles. The standard InChI is InChI=1S/C32H42FN5O2S/c1-31(2,3)25-9-13-28(14-10-25)41(39,40)38-16-15-26-19-29-24(21-34-35-29)20-32(26,22-38)30(37(6)18-17-36(4)5)23-7-11-27(33)12-8-23/h7-14,19,21,30H,15-18,20,22H2,1-6H3,(H,34,35)/t30-,32?/m0/s1. The van der Waals surface area contributed by atoms with Crippen molar-refractivity contribution < 1.29 is 12.8 Å². The summed E-state index contributed by atoms with van der Waals surface area (Å²) in [7, 11) is 2.42. The maximum Gasteiger partial charge on any atom is 0.243 e. The van der Waals surface area contributed by atoms with Crippen LogP contribution in [-0.2, 0) is 21.9 Å². The van der Waals surface area contributed by atoms with Crippen LogP contribution >= 0.6 is 0 Å². The smallest absolute Gasteiger partial charge is 0.243 e. The number of aromatic amines is 1. The molecule has 1 unspecified atom stereocenters. The number of hydrogen-bond acceptors (Lipinski definition) is 5. The van der Waals surface area contributed by atoms with Crippen molar-refractivity contribution in [1.29, 1.82) is 0 Å². The number of aromatic nitrogens is 2. The van der Waals surface area contributed by atoms with Crippen LogP contribution < -0.4 is 0 Å². The molecule has 1 aliphatic carbocycles. The first-order chi connectivity index (χ1) is 19.3. The van der Waals surface area contributed by atoms with Gasteiger partial charge >= 0.3 is 0 Å². The van der Waals surface area contributed by atoms with Crippen LogP contribution in [0.15, 0.2) is 65.2 Å². The van der Waals surface area contributed by atoms with Crippen molar-refractivity contribution >= 4 is 16.1 Å². The van der Waals surface area contributed by atoms with Gasteiger partial charge in [-0.05, 0) is 86.4 Å². The van der Waals surface area contributed by atoms with Crippen molar-refractivity contribution in [2.75, 3.05) is 47.3 Å². The van der Waals surface area contributed by atoms with E-state index in [-0.39, 0.29) is 17.3 Å². The van der Waals surface area contributed by atoms with Gasteiger partial charge in [-0.25, -0.2) is 12.8 Å². The van der Waals surface area contributed by atoms with E-state index < -0.39 is 15.4 Å². The summed E-state index contributed by atoms with van der Waals surface area (Å²) in [4.78, 5) is 4.76. The largest absolute Gasteiger partial charge is 0.308 e. The molecule has 2 atom stereocenters. The summed E-state index contributed by atoms with van der Waals surface area (Å²) in [5, 5.41) is 7.43. The minimum Gasteiger partial charge on any atom is -0.308 e. The van der Waals surface area contributed by atoms with E-state index in [1.807, 2.05) is 44.6 Å². The summed E-state index contributed by atoms with van der Waals surface area (Å²) in [6, 6.07) is 13.8. The molecule has 2 aliphatic rings. The summed E-state index contributed by atoms with van der Waals surface area (Å²) < 4.78 is 44.1. The number of halogens is 1. The van der Waals surface area contributed by atoms with Crippen molar-refractivity contribution in [1.82, 2.24) is 24.3 Å². The van der Waals surface area contributed by atoms with Crippen LogP contribution in [0.3, 0.4) is 0 Å². The Labute approximate surface area is 244 Å². The molecule has 1 fully saturated rings. The Morgan fingerprint density at radius 1 is 1.05 bits per heavy atom. The highest BCUT2D eigenvalue weighted by molar-refractivity contribution is 7.89. The lowest BCUT2D eigenvalue weighted by molar-refractivity contribution is 0.0680. The van der Waals surface area contributed by atoms with Gasteiger partial charge in [-0.1, -0.05) is 50.6 Å². The number of nitrogens with one attached hydrogen (secondary N) is 1. The molecule has 0 amide bonds. The van der Waals surface area contributed by atoms with Crippen LogP contribution in [-0.4, -0.2) is 80.0 Å². The molecule has 41 heavy (non-hydrogen) atoms. The van der Waals surface area contributed by atoms with Gasteiger partial charge in [-0.3, -0.25) is 10.00 Å². The van der Waals surface area contributed by atoms with E-state index in [4.69, 9.17) is 0 Å². The molecule has 1 aromatic heterocycles. The Bertz CT molecular complexity index is 1510. The van der Waals surface area contributed by atoms with E-state index in [2.05, 4.69) is 53.9 Å². The molecule has 9 heteroatoms. The summed E-state index contributed by atoms with van der Waals surface area (Å²) in [5.74, 6) is -0.288. The SMILES string of the molecule is CN(C)CCN(C)[C@@H](c1ccc(F)cc1)C12Cc3cn[nH]c3C=C1CCN(S(=O)(=O)c1ccc(C(C)(C)C)cc1)C2. The van der Waals surface area contributed by atoms with E-state index in [0.717, 1.165) is 35.5 Å². The molecule has 1 aliphatic heterocycles. The van der Waals surface area contributed by atoms with E-state index in [9.17, 15) is 12.8 Å². The zero-order valence-electron chi connectivity index (χ0n) is 25.0. The summed E-state index contributed by atoms with van der Waals surface area (Å²) in [6.07, 6.45) is 5.26. The third kappa shape index (κ3) is 5.78. The fourth-order valence-corrected chi connectivity index (χ4v) is 7.95. The van der Waals surface area contributed by atoms with Gasteiger partial charge in [0.05, 0.1) is 16.8 Å². The van der Waals surface area contributed by atoms with Gasteiger partial charge in [0.2, 0.25) is 10.0 Å². The highest BCUT2D eigenvalue weighted by Crippen LogP contribution is 2.53. The third-order valence-electron chi connectivity index (χ3n) is 8.71. The van der Waals surface area contributed by atoms with Crippen LogP contribution in [0.1, 0.15) is 55.6 Å². The first kappa shape index (κ1) is 29.6. The Morgan fingerprint density at radius 3 is 2.37 bits per heavy atom. The number of H-pyrrole nitrogens is 1. The van der Waals surface area contributed by atoms with Gasteiger partial charge in [0.15, 0.2) is 0 Å². The number of hydrogen-bond donors (Lipinski definition) is 1. The molecular weight excluding hydrogens is 537 g/mol. The van der Waals surface area contributed by atoms with Crippen LogP contribution in [0.4, 0.5) is 4.39 Å². The molecule has 2 aromatic carbocycles. The lowest BCUT2D eigenvalue weighted by Gasteiger charge is -2.53. The van der Waals surface area contributed by atoms with Gasteiger partial charge in [0.25, 0.3) is 0 Å². The second kappa shape index (κ2) is 11.1. The Hall–Kier alpha value is -2.85. The van der Waals surface area contributed by atoms with Crippen molar-refractivity contribution in [3.05, 3.63) is 88.5 Å². The summed E-state index contributed by atoms with van der Waals surface area (Å²) in [6.45, 7) is 8.68. The maximum absolute atomic E-state index is 14.2. The van der Waals surface area contributed by atoms with Crippen molar-refractivity contribution in [2.45, 2.75) is 50.0 Å². The zero-order chi connectivity index (χ0) is 29.6. The predicted octanol–water partition coefficient (Wildman–Crippen LogP) is 5.10. The topological polar surface area (TPSA) is 72.5 Å². The molecule has 0 bridgehead atoms. The first-order valence-electron chi connectivity index (χ1n) is 14.3. The average Bonchev–Trinajstić information content (AvgIpc) is 3.37. The van der Waals surface area contributed by atoms with Gasteiger partial charge < -0.3 is 4.90 Å². The van der Waals surface area contributed by atoms with E-state index in [1.165, 1.54) is 17.7 Å². The number of fused-ring (bicyclic) bond motifs is 2. The third-order valence-corrected chi connectivity index (χ3v) is 10.6. The molecular formula is C32H42FN5O2S. The van der Waals surface area contributed by atoms with Crippen LogP contribution in [0.2, 0.25) is 0 Å². The van der Waals surface area contributed by atoms with Crippen molar-refractivity contribution in [3.8, 4) is 0 Å². The second-order valence-electron chi connectivity index (χ2n) is 12.9. The normalized spacial score (nSPS) is 20.6. The Kier molecular flexibility index (Phi) is 8.02. The van der Waals surface area contributed by atoms with E-state index >= 15 is 0 Å². The monoisotopic (exact) mass is 579 g/mol. The predicted molar refractivity (Wildman–Crippen MR) is 162 cm³/mol. The van der Waals surface area contributed by atoms with Crippen LogP contribution in [0.5, 0.6) is 0 Å². The number of sulfonamides is 1. The van der Waals surface area contributed by atoms with Gasteiger partial charge in [-0.15, -0.1) is 0 Å². The number of rotatable bonds is 8. The summed E-state index contributed by atoms with van der Waals surface area (Å²) in [5.41, 5.74) is 4.69. The average molecular weight is 580 g/mol. The fourth-order valence-electron chi connectivity index (χ4n) is 6.44. The number of likely N-dealkylation sites (N-methyl/N-ethyl adjacent to an activating group) is 2. The highest BCUT2D eigenvalue weighted by atomic mass is 32.2. The molecule has 7 nitrogen and oxygen atoms in total.